The number of hydrogen-bond acceptors (Lipinski definition) is 9. The van der Waals surface area contributed by atoms with E-state index < -0.39 is 17.2 Å². The van der Waals surface area contributed by atoms with Crippen LogP contribution in [0.3, 0.4) is 0 Å². The predicted octanol–water partition coefficient (Wildman–Crippen LogP) is 5.01. The van der Waals surface area contributed by atoms with Crippen molar-refractivity contribution in [2.45, 2.75) is 26.3 Å². The number of carbonyl (C=O) groups is 1. The molecule has 0 bridgehead atoms. The Morgan fingerprint density at radius 1 is 1.04 bits per heavy atom. The quantitative estimate of drug-likeness (QED) is 0.136. The zero-order valence-electron chi connectivity index (χ0n) is 27.1. The first kappa shape index (κ1) is 33.7. The van der Waals surface area contributed by atoms with E-state index in [-0.39, 0.29) is 40.0 Å². The SMILES string of the molecule is CO/C(N)=C(/C=C(\N)OC)c1cnc(N)c(-c2ccc(NC(=O)c3cn(CC4CCOCC4)cc(-c4ccc(C)cc4)c3=O)cc2F)c1. The Labute approximate surface area is 277 Å². The second kappa shape index (κ2) is 14.9. The zero-order chi connectivity index (χ0) is 34.4. The molecule has 1 fully saturated rings. The Morgan fingerprint density at radius 3 is 2.44 bits per heavy atom. The van der Waals surface area contributed by atoms with Crippen LogP contribution in [0, 0.1) is 18.7 Å². The van der Waals surface area contributed by atoms with E-state index in [0.717, 1.165) is 24.5 Å². The number of nitrogen functional groups attached to an aromatic ring is 1. The van der Waals surface area contributed by atoms with Gasteiger partial charge in [0, 0.05) is 77.9 Å². The summed E-state index contributed by atoms with van der Waals surface area (Å²) in [5.74, 6) is -0.834. The molecule has 250 valence electrons. The van der Waals surface area contributed by atoms with Crippen molar-refractivity contribution in [2.75, 3.05) is 38.5 Å². The van der Waals surface area contributed by atoms with Crippen molar-refractivity contribution < 1.29 is 23.4 Å². The monoisotopic (exact) mass is 654 g/mol. The molecule has 48 heavy (non-hydrogen) atoms. The van der Waals surface area contributed by atoms with Crippen molar-refractivity contribution in [1.29, 1.82) is 0 Å². The fraction of sp³-hybridized carbons (Fsp3) is 0.250. The summed E-state index contributed by atoms with van der Waals surface area (Å²) in [5.41, 5.74) is 21.1. The highest BCUT2D eigenvalue weighted by molar-refractivity contribution is 6.04. The number of methoxy groups -OCH3 is 2. The van der Waals surface area contributed by atoms with Crippen LogP contribution < -0.4 is 27.9 Å². The van der Waals surface area contributed by atoms with E-state index >= 15 is 4.39 Å². The standard InChI is InChI=1S/C36H39FN6O5/c1-21-4-6-23(7-5-21)29-19-43(18-22-10-12-48-13-11-22)20-30(33(29)44)36(45)42-25-8-9-26(31(37)15-25)28-14-24(17-41-34(28)39)27(35(40)47-3)16-32(38)46-2/h4-9,14-17,19-20,22H,10-13,18,38,40H2,1-3H3,(H2,39,41)(H,42,45)/b32-16+,35-27-. The number of ether oxygens (including phenoxy) is 3. The Bertz CT molecular complexity index is 1930. The van der Waals surface area contributed by atoms with E-state index in [1.165, 1.54) is 38.6 Å². The number of nitrogens with zero attached hydrogens (tertiary/aromatic N) is 2. The summed E-state index contributed by atoms with van der Waals surface area (Å²) < 4.78 is 33.3. The lowest BCUT2D eigenvalue weighted by Gasteiger charge is -2.23. The van der Waals surface area contributed by atoms with Gasteiger partial charge in [-0.2, -0.15) is 0 Å². The van der Waals surface area contributed by atoms with Crippen molar-refractivity contribution >= 4 is 23.0 Å². The molecule has 1 amide bonds. The van der Waals surface area contributed by atoms with Crippen molar-refractivity contribution in [1.82, 2.24) is 9.55 Å². The lowest BCUT2D eigenvalue weighted by Crippen LogP contribution is -2.26. The smallest absolute Gasteiger partial charge is 0.261 e. The number of aromatic nitrogens is 2. The number of hydrogen-bond donors (Lipinski definition) is 4. The van der Waals surface area contributed by atoms with E-state index in [1.807, 2.05) is 35.8 Å². The molecule has 2 aromatic carbocycles. The number of rotatable bonds is 10. The number of carbonyl (C=O) groups excluding carboxylic acids is 1. The first-order valence-corrected chi connectivity index (χ1v) is 15.4. The molecule has 0 unspecified atom stereocenters. The van der Waals surface area contributed by atoms with E-state index in [4.69, 9.17) is 31.4 Å². The first-order chi connectivity index (χ1) is 23.1. The normalized spacial score (nSPS) is 14.3. The molecule has 0 saturated carbocycles. The fourth-order valence-electron chi connectivity index (χ4n) is 5.52. The van der Waals surface area contributed by atoms with Crippen molar-refractivity contribution in [2.24, 2.45) is 17.4 Å². The molecule has 1 aliphatic rings. The summed E-state index contributed by atoms with van der Waals surface area (Å²) in [6.45, 7) is 3.94. The van der Waals surface area contributed by atoms with Gasteiger partial charge in [0.1, 0.15) is 17.2 Å². The van der Waals surface area contributed by atoms with Crippen molar-refractivity contribution in [3.63, 3.8) is 0 Å². The highest BCUT2D eigenvalue weighted by Gasteiger charge is 2.21. The van der Waals surface area contributed by atoms with Crippen LogP contribution in [-0.4, -0.2) is 42.9 Å². The van der Waals surface area contributed by atoms with E-state index in [0.29, 0.717) is 47.9 Å². The number of halogens is 1. The van der Waals surface area contributed by atoms with Gasteiger partial charge in [-0.3, -0.25) is 9.59 Å². The minimum atomic E-state index is -0.680. The molecule has 2 aromatic heterocycles. The summed E-state index contributed by atoms with van der Waals surface area (Å²) in [6.07, 6.45) is 8.03. The zero-order valence-corrected chi connectivity index (χ0v) is 27.1. The molecular weight excluding hydrogens is 615 g/mol. The van der Waals surface area contributed by atoms with Gasteiger partial charge in [0.2, 0.25) is 5.43 Å². The average molecular weight is 655 g/mol. The fourth-order valence-corrected chi connectivity index (χ4v) is 5.52. The van der Waals surface area contributed by atoms with Gasteiger partial charge >= 0.3 is 0 Å². The van der Waals surface area contributed by atoms with Crippen LogP contribution >= 0.6 is 0 Å². The lowest BCUT2D eigenvalue weighted by molar-refractivity contribution is 0.0612. The van der Waals surface area contributed by atoms with Crippen LogP contribution in [0.15, 0.2) is 89.8 Å². The summed E-state index contributed by atoms with van der Waals surface area (Å²) >= 11 is 0. The minimum absolute atomic E-state index is 0.0318. The van der Waals surface area contributed by atoms with Gasteiger partial charge in [-0.25, -0.2) is 9.37 Å². The molecule has 7 N–H and O–H groups in total. The average Bonchev–Trinajstić information content (AvgIpc) is 3.09. The number of benzene rings is 2. The number of allylic oxidation sites excluding steroid dienone is 2. The van der Waals surface area contributed by atoms with Gasteiger partial charge in [-0.15, -0.1) is 0 Å². The first-order valence-electron chi connectivity index (χ1n) is 15.4. The van der Waals surface area contributed by atoms with Gasteiger partial charge in [-0.05, 0) is 55.5 Å². The summed E-state index contributed by atoms with van der Waals surface area (Å²) in [4.78, 5) is 31.5. The van der Waals surface area contributed by atoms with E-state index in [2.05, 4.69) is 10.3 Å². The molecule has 5 rings (SSSR count). The largest absolute Gasteiger partial charge is 0.483 e. The molecule has 0 radical (unpaired) electrons. The summed E-state index contributed by atoms with van der Waals surface area (Å²) in [7, 11) is 2.79. The maximum absolute atomic E-state index is 15.7. The molecule has 12 heteroatoms. The van der Waals surface area contributed by atoms with E-state index in [9.17, 15) is 9.59 Å². The maximum atomic E-state index is 15.7. The molecule has 1 saturated heterocycles. The predicted molar refractivity (Wildman–Crippen MR) is 184 cm³/mol. The van der Waals surface area contributed by atoms with Crippen LogP contribution in [-0.2, 0) is 20.8 Å². The van der Waals surface area contributed by atoms with Crippen molar-refractivity contribution in [3.8, 4) is 22.3 Å². The third-order valence-corrected chi connectivity index (χ3v) is 8.25. The molecule has 3 heterocycles. The molecule has 0 atom stereocenters. The third-order valence-electron chi connectivity index (χ3n) is 8.25. The van der Waals surface area contributed by atoms with Gasteiger partial charge < -0.3 is 41.3 Å². The second-order valence-corrected chi connectivity index (χ2v) is 11.6. The maximum Gasteiger partial charge on any atom is 0.261 e. The molecule has 4 aromatic rings. The molecule has 1 aliphatic heterocycles. The Morgan fingerprint density at radius 2 is 1.77 bits per heavy atom. The van der Waals surface area contributed by atoms with Crippen LogP contribution in [0.25, 0.3) is 27.8 Å². The highest BCUT2D eigenvalue weighted by Crippen LogP contribution is 2.32. The Kier molecular flexibility index (Phi) is 10.4. The molecule has 0 spiro atoms. The molecule has 0 aliphatic carbocycles. The summed E-state index contributed by atoms with van der Waals surface area (Å²) in [6, 6.07) is 13.3. The topological polar surface area (TPSA) is 170 Å². The second-order valence-electron chi connectivity index (χ2n) is 11.6. The highest BCUT2D eigenvalue weighted by atomic mass is 19.1. The van der Waals surface area contributed by atoms with E-state index in [1.54, 1.807) is 18.5 Å². The molecular formula is C36H39FN6O5. The summed E-state index contributed by atoms with van der Waals surface area (Å²) in [5, 5.41) is 2.70. The third kappa shape index (κ3) is 7.67. The van der Waals surface area contributed by atoms with Crippen LogP contribution in [0.4, 0.5) is 15.9 Å². The number of amides is 1. The van der Waals surface area contributed by atoms with Crippen LogP contribution in [0.1, 0.15) is 34.3 Å². The number of nitrogens with two attached hydrogens (primary N) is 3. The van der Waals surface area contributed by atoms with Gasteiger partial charge in [0.25, 0.3) is 5.91 Å². The Balaban J connectivity index is 1.47. The molecule has 11 nitrogen and oxygen atoms in total. The number of nitrogens with one attached hydrogen (secondary N) is 1. The van der Waals surface area contributed by atoms with Gasteiger partial charge in [0.15, 0.2) is 11.8 Å². The van der Waals surface area contributed by atoms with Crippen LogP contribution in [0.2, 0.25) is 0 Å². The van der Waals surface area contributed by atoms with Gasteiger partial charge in [0.05, 0.1) is 14.2 Å². The van der Waals surface area contributed by atoms with Crippen LogP contribution in [0.5, 0.6) is 0 Å². The number of pyridine rings is 2. The van der Waals surface area contributed by atoms with Crippen molar-refractivity contribution in [3.05, 3.63) is 118 Å². The lowest BCUT2D eigenvalue weighted by atomic mass is 9.99. The minimum Gasteiger partial charge on any atom is -0.483 e. The van der Waals surface area contributed by atoms with Gasteiger partial charge in [-0.1, -0.05) is 29.8 Å². The number of anilines is 2. The Hall–Kier alpha value is -5.62. The number of aryl methyl sites for hydroxylation is 1.